The Bertz CT molecular complexity index is 208. The van der Waals surface area contributed by atoms with Gasteiger partial charge in [-0.15, -0.1) is 0 Å². The normalized spacial score (nSPS) is 15.1. The summed E-state index contributed by atoms with van der Waals surface area (Å²) in [6.07, 6.45) is -7.20. The van der Waals surface area contributed by atoms with Crippen molar-refractivity contribution in [2.24, 2.45) is 5.41 Å². The molecule has 0 radical (unpaired) electrons. The predicted octanol–water partition coefficient (Wildman–Crippen LogP) is 1.07. The second-order valence-corrected chi connectivity index (χ2v) is 4.02. The molecule has 0 aliphatic rings. The van der Waals surface area contributed by atoms with E-state index in [1.165, 1.54) is 0 Å². The lowest BCUT2D eigenvalue weighted by Gasteiger charge is -2.20. The topological polar surface area (TPSA) is 49.3 Å². The Morgan fingerprint density at radius 1 is 1.36 bits per heavy atom. The molecule has 0 spiro atoms. The molecule has 3 nitrogen and oxygen atoms in total. The van der Waals surface area contributed by atoms with E-state index in [1.54, 1.807) is 20.8 Å². The summed E-state index contributed by atoms with van der Waals surface area (Å²) in [4.78, 5) is 11.1. The summed E-state index contributed by atoms with van der Waals surface area (Å²) >= 11 is 0. The van der Waals surface area contributed by atoms with Crippen LogP contribution in [0.1, 0.15) is 20.8 Å². The van der Waals surface area contributed by atoms with Crippen LogP contribution in [0, 0.1) is 5.41 Å². The minimum absolute atomic E-state index is 0.527. The monoisotopic (exact) mass is 213 g/mol. The molecule has 6 heteroatoms. The maximum absolute atomic E-state index is 11.8. The van der Waals surface area contributed by atoms with E-state index in [9.17, 15) is 18.0 Å². The van der Waals surface area contributed by atoms with Crippen molar-refractivity contribution in [3.05, 3.63) is 0 Å². The molecule has 2 N–H and O–H groups in total. The minimum Gasteiger partial charge on any atom is -0.382 e. The molecule has 0 aromatic carbocycles. The molecule has 0 saturated heterocycles. The number of alkyl halides is 3. The molecule has 0 aromatic rings. The van der Waals surface area contributed by atoms with Crippen LogP contribution in [0.4, 0.5) is 13.2 Å². The molecular weight excluding hydrogens is 199 g/mol. The van der Waals surface area contributed by atoms with Crippen molar-refractivity contribution in [2.75, 3.05) is 6.54 Å². The molecule has 0 aromatic heterocycles. The van der Waals surface area contributed by atoms with Gasteiger partial charge in [-0.1, -0.05) is 20.8 Å². The molecule has 0 saturated carbocycles. The molecule has 0 bridgehead atoms. The Labute approximate surface area is 80.3 Å². The van der Waals surface area contributed by atoms with Gasteiger partial charge >= 0.3 is 6.18 Å². The van der Waals surface area contributed by atoms with E-state index in [2.05, 4.69) is 0 Å². The first-order valence-electron chi connectivity index (χ1n) is 4.08. The summed E-state index contributed by atoms with van der Waals surface area (Å²) in [5.74, 6) is -0.527. The molecule has 1 amide bonds. The summed E-state index contributed by atoms with van der Waals surface area (Å²) in [5.41, 5.74) is -0.759. The van der Waals surface area contributed by atoms with E-state index in [0.717, 1.165) is 0 Å². The fourth-order valence-electron chi connectivity index (χ4n) is 0.570. The number of nitrogens with one attached hydrogen (secondary N) is 1. The summed E-state index contributed by atoms with van der Waals surface area (Å²) in [6.45, 7) is 3.91. The third-order valence-corrected chi connectivity index (χ3v) is 1.51. The Morgan fingerprint density at radius 3 is 2.07 bits per heavy atom. The van der Waals surface area contributed by atoms with E-state index in [-0.39, 0.29) is 0 Å². The number of amides is 1. The van der Waals surface area contributed by atoms with Crippen LogP contribution in [-0.2, 0) is 4.79 Å². The lowest BCUT2D eigenvalue weighted by Crippen LogP contribution is -2.44. The van der Waals surface area contributed by atoms with Gasteiger partial charge in [0.15, 0.2) is 6.10 Å². The molecule has 0 fully saturated rings. The molecule has 84 valence electrons. The zero-order chi connectivity index (χ0) is 11.6. The van der Waals surface area contributed by atoms with Gasteiger partial charge < -0.3 is 10.4 Å². The van der Waals surface area contributed by atoms with E-state index in [0.29, 0.717) is 0 Å². The highest BCUT2D eigenvalue weighted by Gasteiger charge is 2.38. The SMILES string of the molecule is CC(C)(C)C(=O)NC[C@H](O)C(F)(F)F. The Hall–Kier alpha value is -0.780. The van der Waals surface area contributed by atoms with E-state index in [4.69, 9.17) is 5.11 Å². The minimum atomic E-state index is -4.69. The standard InChI is InChI=1S/C8H14F3NO2/c1-7(2,3)6(14)12-4-5(13)8(9,10)11/h5,13H,4H2,1-3H3,(H,12,14)/t5-/m0/s1. The van der Waals surface area contributed by atoms with Crippen molar-refractivity contribution in [3.8, 4) is 0 Å². The fraction of sp³-hybridized carbons (Fsp3) is 0.875. The number of halogens is 3. The van der Waals surface area contributed by atoms with Gasteiger partial charge in [-0.25, -0.2) is 0 Å². The number of hydrogen-bond acceptors (Lipinski definition) is 2. The Morgan fingerprint density at radius 2 is 1.79 bits per heavy atom. The quantitative estimate of drug-likeness (QED) is 0.720. The number of aliphatic hydroxyl groups is 1. The van der Waals surface area contributed by atoms with Gasteiger partial charge in [-0.05, 0) is 0 Å². The van der Waals surface area contributed by atoms with E-state index < -0.39 is 30.1 Å². The number of aliphatic hydroxyl groups excluding tert-OH is 1. The third-order valence-electron chi connectivity index (χ3n) is 1.51. The number of rotatable bonds is 2. The summed E-state index contributed by atoms with van der Waals surface area (Å²) in [6, 6.07) is 0. The van der Waals surface area contributed by atoms with Crippen molar-refractivity contribution >= 4 is 5.91 Å². The van der Waals surface area contributed by atoms with Gasteiger partial charge in [-0.3, -0.25) is 4.79 Å². The van der Waals surface area contributed by atoms with Crippen LogP contribution < -0.4 is 5.32 Å². The summed E-state index contributed by atoms with van der Waals surface area (Å²) in [7, 11) is 0. The molecule has 0 heterocycles. The van der Waals surface area contributed by atoms with Crippen molar-refractivity contribution in [3.63, 3.8) is 0 Å². The van der Waals surface area contributed by atoms with E-state index >= 15 is 0 Å². The zero-order valence-corrected chi connectivity index (χ0v) is 8.27. The first-order chi connectivity index (χ1) is 6.05. The Kier molecular flexibility index (Phi) is 3.93. The fourth-order valence-corrected chi connectivity index (χ4v) is 0.570. The highest BCUT2D eigenvalue weighted by atomic mass is 19.4. The van der Waals surface area contributed by atoms with Crippen LogP contribution in [0.3, 0.4) is 0 Å². The highest BCUT2D eigenvalue weighted by molar-refractivity contribution is 5.81. The van der Waals surface area contributed by atoms with Gasteiger partial charge in [0.2, 0.25) is 5.91 Å². The average Bonchev–Trinajstić information content (AvgIpc) is 1.95. The van der Waals surface area contributed by atoms with Crippen molar-refractivity contribution in [1.29, 1.82) is 0 Å². The van der Waals surface area contributed by atoms with Crippen LogP contribution in [0.2, 0.25) is 0 Å². The molecule has 0 unspecified atom stereocenters. The molecule has 0 aliphatic carbocycles. The van der Waals surface area contributed by atoms with Crippen LogP contribution in [0.15, 0.2) is 0 Å². The molecule has 0 rings (SSSR count). The maximum Gasteiger partial charge on any atom is 0.416 e. The lowest BCUT2D eigenvalue weighted by molar-refractivity contribution is -0.202. The summed E-state index contributed by atoms with van der Waals surface area (Å²) < 4.78 is 35.4. The predicted molar refractivity (Wildman–Crippen MR) is 44.5 cm³/mol. The van der Waals surface area contributed by atoms with Crippen LogP contribution in [-0.4, -0.2) is 29.8 Å². The van der Waals surface area contributed by atoms with Gasteiger partial charge in [0, 0.05) is 5.41 Å². The van der Waals surface area contributed by atoms with Gasteiger partial charge in [0.1, 0.15) is 0 Å². The lowest BCUT2D eigenvalue weighted by atomic mass is 9.96. The highest BCUT2D eigenvalue weighted by Crippen LogP contribution is 2.19. The van der Waals surface area contributed by atoms with Crippen molar-refractivity contribution in [2.45, 2.75) is 33.1 Å². The number of carbonyl (C=O) groups is 1. The van der Waals surface area contributed by atoms with Crippen LogP contribution in [0.5, 0.6) is 0 Å². The van der Waals surface area contributed by atoms with Crippen molar-refractivity contribution in [1.82, 2.24) is 5.32 Å². The average molecular weight is 213 g/mol. The Balaban J connectivity index is 4.03. The van der Waals surface area contributed by atoms with Crippen molar-refractivity contribution < 1.29 is 23.1 Å². The molecular formula is C8H14F3NO2. The second kappa shape index (κ2) is 4.16. The maximum atomic E-state index is 11.8. The largest absolute Gasteiger partial charge is 0.416 e. The van der Waals surface area contributed by atoms with Gasteiger partial charge in [-0.2, -0.15) is 13.2 Å². The van der Waals surface area contributed by atoms with Crippen LogP contribution in [0.25, 0.3) is 0 Å². The summed E-state index contributed by atoms with van der Waals surface area (Å²) in [5, 5.41) is 10.6. The number of carbonyl (C=O) groups excluding carboxylic acids is 1. The molecule has 0 aliphatic heterocycles. The second-order valence-electron chi connectivity index (χ2n) is 4.02. The third kappa shape index (κ3) is 4.45. The number of hydrogen-bond donors (Lipinski definition) is 2. The zero-order valence-electron chi connectivity index (χ0n) is 8.27. The molecule has 14 heavy (non-hydrogen) atoms. The van der Waals surface area contributed by atoms with Gasteiger partial charge in [0.25, 0.3) is 0 Å². The van der Waals surface area contributed by atoms with E-state index in [1.807, 2.05) is 5.32 Å². The first kappa shape index (κ1) is 13.2. The smallest absolute Gasteiger partial charge is 0.382 e. The first-order valence-corrected chi connectivity index (χ1v) is 4.08. The van der Waals surface area contributed by atoms with Gasteiger partial charge in [0.05, 0.1) is 6.54 Å². The molecule has 1 atom stereocenters. The van der Waals surface area contributed by atoms with Crippen LogP contribution >= 0.6 is 0 Å².